The average molecular weight is 304 g/mol. The van der Waals surface area contributed by atoms with Gasteiger partial charge in [-0.05, 0) is 61.2 Å². The van der Waals surface area contributed by atoms with Gasteiger partial charge in [0.2, 0.25) is 10.0 Å². The van der Waals surface area contributed by atoms with E-state index in [1.54, 1.807) is 12.1 Å². The summed E-state index contributed by atoms with van der Waals surface area (Å²) in [5.74, 6) is 0. The van der Waals surface area contributed by atoms with Crippen LogP contribution in [0, 0.1) is 13.8 Å². The van der Waals surface area contributed by atoms with Crippen LogP contribution in [0.4, 0.5) is 5.69 Å². The summed E-state index contributed by atoms with van der Waals surface area (Å²) in [5, 5.41) is 0. The number of nitrogens with two attached hydrogens (primary N) is 1. The number of sulfonamides is 1. The fourth-order valence-corrected chi connectivity index (χ4v) is 3.40. The van der Waals surface area contributed by atoms with E-state index in [9.17, 15) is 8.42 Å². The minimum absolute atomic E-state index is 0.317. The Bertz CT molecular complexity index is 702. The molecule has 0 bridgehead atoms. The average Bonchev–Trinajstić information content (AvgIpc) is 2.40. The largest absolute Gasteiger partial charge is 0.399 e. The van der Waals surface area contributed by atoms with Gasteiger partial charge >= 0.3 is 0 Å². The lowest BCUT2D eigenvalue weighted by Gasteiger charge is -2.09. The fourth-order valence-electron chi connectivity index (χ4n) is 2.19. The zero-order valence-corrected chi connectivity index (χ0v) is 13.1. The molecule has 112 valence electrons. The smallest absolute Gasteiger partial charge is 0.240 e. The molecule has 0 aliphatic carbocycles. The number of hydrogen-bond donors (Lipinski definition) is 2. The molecule has 0 radical (unpaired) electrons. The van der Waals surface area contributed by atoms with Gasteiger partial charge in [0.25, 0.3) is 0 Å². The Kier molecular flexibility index (Phi) is 4.65. The molecule has 0 aromatic heterocycles. The van der Waals surface area contributed by atoms with Gasteiger partial charge in [0.05, 0.1) is 4.90 Å². The molecule has 0 aliphatic heterocycles. The van der Waals surface area contributed by atoms with Crippen LogP contribution < -0.4 is 10.5 Å². The van der Waals surface area contributed by atoms with Crippen molar-refractivity contribution in [1.29, 1.82) is 0 Å². The number of anilines is 1. The maximum atomic E-state index is 12.2. The molecule has 0 heterocycles. The van der Waals surface area contributed by atoms with Gasteiger partial charge in [0.15, 0.2) is 0 Å². The standard InChI is InChI=1S/C16H20N2O2S/c1-12-9-13(2)11-16(10-12)21(19,20)18-8-7-14-3-5-15(17)6-4-14/h3-6,9-11,18H,7-8,17H2,1-2H3. The summed E-state index contributed by atoms with van der Waals surface area (Å²) in [4.78, 5) is 0.317. The monoisotopic (exact) mass is 304 g/mol. The first-order valence-corrected chi connectivity index (χ1v) is 8.27. The first-order chi connectivity index (χ1) is 9.87. The van der Waals surface area contributed by atoms with E-state index in [0.717, 1.165) is 16.7 Å². The van der Waals surface area contributed by atoms with Crippen molar-refractivity contribution in [2.75, 3.05) is 12.3 Å². The summed E-state index contributed by atoms with van der Waals surface area (Å²) in [6.07, 6.45) is 0.629. The molecule has 4 nitrogen and oxygen atoms in total. The lowest BCUT2D eigenvalue weighted by molar-refractivity contribution is 0.581. The van der Waals surface area contributed by atoms with Crippen LogP contribution in [0.15, 0.2) is 47.4 Å². The van der Waals surface area contributed by atoms with Gasteiger partial charge < -0.3 is 5.73 Å². The second-order valence-electron chi connectivity index (χ2n) is 5.21. The van der Waals surface area contributed by atoms with Gasteiger partial charge in [-0.1, -0.05) is 18.2 Å². The number of hydrogen-bond acceptors (Lipinski definition) is 3. The Labute approximate surface area is 126 Å². The summed E-state index contributed by atoms with van der Waals surface area (Å²) in [7, 11) is -3.46. The minimum atomic E-state index is -3.46. The highest BCUT2D eigenvalue weighted by Gasteiger charge is 2.14. The van der Waals surface area contributed by atoms with E-state index < -0.39 is 10.0 Å². The first kappa shape index (κ1) is 15.5. The maximum Gasteiger partial charge on any atom is 0.240 e. The predicted molar refractivity (Wildman–Crippen MR) is 85.7 cm³/mol. The van der Waals surface area contributed by atoms with Crippen LogP contribution in [-0.4, -0.2) is 15.0 Å². The Morgan fingerprint density at radius 2 is 1.57 bits per heavy atom. The molecule has 0 spiro atoms. The maximum absolute atomic E-state index is 12.2. The number of nitrogens with one attached hydrogen (secondary N) is 1. The SMILES string of the molecule is Cc1cc(C)cc(S(=O)(=O)NCCc2ccc(N)cc2)c1. The number of rotatable bonds is 5. The van der Waals surface area contributed by atoms with Gasteiger partial charge in [-0.15, -0.1) is 0 Å². The van der Waals surface area contributed by atoms with E-state index in [-0.39, 0.29) is 0 Å². The van der Waals surface area contributed by atoms with Crippen molar-refractivity contribution < 1.29 is 8.42 Å². The Hall–Kier alpha value is -1.85. The van der Waals surface area contributed by atoms with Crippen LogP contribution in [0.1, 0.15) is 16.7 Å². The van der Waals surface area contributed by atoms with Crippen LogP contribution in [-0.2, 0) is 16.4 Å². The summed E-state index contributed by atoms with van der Waals surface area (Å²) in [6, 6.07) is 12.7. The van der Waals surface area contributed by atoms with Crippen LogP contribution in [0.2, 0.25) is 0 Å². The molecule has 0 aliphatic rings. The summed E-state index contributed by atoms with van der Waals surface area (Å²) in [6.45, 7) is 4.14. The zero-order valence-electron chi connectivity index (χ0n) is 12.3. The van der Waals surface area contributed by atoms with Gasteiger partial charge in [0.1, 0.15) is 0 Å². The number of benzene rings is 2. The molecular weight excluding hydrogens is 284 g/mol. The van der Waals surface area contributed by atoms with E-state index in [0.29, 0.717) is 23.5 Å². The van der Waals surface area contributed by atoms with Crippen LogP contribution in [0.3, 0.4) is 0 Å². The summed E-state index contributed by atoms with van der Waals surface area (Å²) >= 11 is 0. The fraction of sp³-hybridized carbons (Fsp3) is 0.250. The topological polar surface area (TPSA) is 72.2 Å². The quantitative estimate of drug-likeness (QED) is 0.833. The van der Waals surface area contributed by atoms with E-state index >= 15 is 0 Å². The first-order valence-electron chi connectivity index (χ1n) is 6.79. The van der Waals surface area contributed by atoms with Gasteiger partial charge in [-0.25, -0.2) is 13.1 Å². The molecular formula is C16H20N2O2S. The molecule has 2 aromatic rings. The Morgan fingerprint density at radius 1 is 1.00 bits per heavy atom. The van der Waals surface area contributed by atoms with Gasteiger partial charge in [-0.3, -0.25) is 0 Å². The second kappa shape index (κ2) is 6.28. The lowest BCUT2D eigenvalue weighted by atomic mass is 10.1. The van der Waals surface area contributed by atoms with Gasteiger partial charge in [0, 0.05) is 12.2 Å². The predicted octanol–water partition coefficient (Wildman–Crippen LogP) is 2.41. The van der Waals surface area contributed by atoms with Gasteiger partial charge in [-0.2, -0.15) is 0 Å². The molecule has 2 rings (SSSR count). The van der Waals surface area contributed by atoms with Crippen molar-refractivity contribution in [3.05, 3.63) is 59.2 Å². The summed E-state index contributed by atoms with van der Waals surface area (Å²) in [5.41, 5.74) is 9.25. The van der Waals surface area contributed by atoms with Crippen LogP contribution >= 0.6 is 0 Å². The molecule has 5 heteroatoms. The van der Waals surface area contributed by atoms with E-state index in [1.165, 1.54) is 0 Å². The Morgan fingerprint density at radius 3 is 2.14 bits per heavy atom. The molecule has 0 unspecified atom stereocenters. The molecule has 2 aromatic carbocycles. The van der Waals surface area contributed by atoms with Crippen LogP contribution in [0.5, 0.6) is 0 Å². The van der Waals surface area contributed by atoms with Crippen molar-refractivity contribution in [3.8, 4) is 0 Å². The molecule has 21 heavy (non-hydrogen) atoms. The third-order valence-electron chi connectivity index (χ3n) is 3.19. The zero-order chi connectivity index (χ0) is 15.5. The highest BCUT2D eigenvalue weighted by atomic mass is 32.2. The van der Waals surface area contributed by atoms with E-state index in [4.69, 9.17) is 5.73 Å². The van der Waals surface area contributed by atoms with Crippen molar-refractivity contribution in [3.63, 3.8) is 0 Å². The van der Waals surface area contributed by atoms with Crippen molar-refractivity contribution in [2.45, 2.75) is 25.2 Å². The lowest BCUT2D eigenvalue weighted by Crippen LogP contribution is -2.26. The molecule has 3 N–H and O–H groups in total. The Balaban J connectivity index is 2.02. The normalized spacial score (nSPS) is 11.5. The molecule has 0 fully saturated rings. The summed E-state index contributed by atoms with van der Waals surface area (Å²) < 4.78 is 27.1. The molecule has 0 saturated carbocycles. The second-order valence-corrected chi connectivity index (χ2v) is 6.98. The van der Waals surface area contributed by atoms with Crippen molar-refractivity contribution in [1.82, 2.24) is 4.72 Å². The van der Waals surface area contributed by atoms with Crippen molar-refractivity contribution >= 4 is 15.7 Å². The molecule has 0 amide bonds. The minimum Gasteiger partial charge on any atom is -0.399 e. The highest BCUT2D eigenvalue weighted by Crippen LogP contribution is 2.14. The van der Waals surface area contributed by atoms with Crippen molar-refractivity contribution in [2.24, 2.45) is 0 Å². The number of nitrogen functional groups attached to an aromatic ring is 1. The van der Waals surface area contributed by atoms with Crippen LogP contribution in [0.25, 0.3) is 0 Å². The third-order valence-corrected chi connectivity index (χ3v) is 4.63. The van der Waals surface area contributed by atoms with E-state index in [2.05, 4.69) is 4.72 Å². The molecule has 0 saturated heterocycles. The molecule has 0 atom stereocenters. The van der Waals surface area contributed by atoms with E-state index in [1.807, 2.05) is 44.2 Å². The third kappa shape index (κ3) is 4.31. The number of aryl methyl sites for hydroxylation is 2. The highest BCUT2D eigenvalue weighted by molar-refractivity contribution is 7.89.